The highest BCUT2D eigenvalue weighted by molar-refractivity contribution is 5.77. The molecule has 1 fully saturated rings. The van der Waals surface area contributed by atoms with Gasteiger partial charge in [0.2, 0.25) is 5.91 Å². The van der Waals surface area contributed by atoms with Crippen molar-refractivity contribution in [3.8, 4) is 5.75 Å². The van der Waals surface area contributed by atoms with E-state index in [0.29, 0.717) is 24.7 Å². The molecule has 1 saturated carbocycles. The fourth-order valence-electron chi connectivity index (χ4n) is 1.79. The molecule has 0 atom stereocenters. The standard InChI is InChI=1S/C13H17N3O4/c1-20-12-8-10(4-5-11(12)16(18)19)14-7-6-13(17)15-9-2-3-9/h4-5,8-9,14H,2-3,6-7H2,1H3,(H,15,17). The van der Waals surface area contributed by atoms with Crippen molar-refractivity contribution < 1.29 is 14.5 Å². The first-order chi connectivity index (χ1) is 9.60. The molecule has 2 rings (SSSR count). The number of carbonyl (C=O) groups is 1. The van der Waals surface area contributed by atoms with Crippen molar-refractivity contribution in [2.24, 2.45) is 0 Å². The summed E-state index contributed by atoms with van der Waals surface area (Å²) in [5, 5.41) is 16.7. The molecule has 0 saturated heterocycles. The maximum absolute atomic E-state index is 11.5. The van der Waals surface area contributed by atoms with E-state index in [-0.39, 0.29) is 17.3 Å². The number of anilines is 1. The van der Waals surface area contributed by atoms with Crippen molar-refractivity contribution in [2.75, 3.05) is 19.0 Å². The Morgan fingerprint density at radius 1 is 1.50 bits per heavy atom. The number of nitrogens with one attached hydrogen (secondary N) is 2. The summed E-state index contributed by atoms with van der Waals surface area (Å²) in [6.45, 7) is 0.472. The zero-order valence-corrected chi connectivity index (χ0v) is 11.2. The SMILES string of the molecule is COc1cc(NCCC(=O)NC2CC2)ccc1[N+](=O)[O-]. The summed E-state index contributed by atoms with van der Waals surface area (Å²) in [5.74, 6) is 0.219. The summed E-state index contributed by atoms with van der Waals surface area (Å²) in [7, 11) is 1.38. The normalized spacial score (nSPS) is 13.7. The Balaban J connectivity index is 1.85. The van der Waals surface area contributed by atoms with E-state index in [1.807, 2.05) is 0 Å². The molecule has 0 aliphatic heterocycles. The number of hydrogen-bond donors (Lipinski definition) is 2. The number of amides is 1. The van der Waals surface area contributed by atoms with E-state index in [4.69, 9.17) is 4.74 Å². The van der Waals surface area contributed by atoms with E-state index in [1.54, 1.807) is 12.1 Å². The third kappa shape index (κ3) is 3.84. The Bertz CT molecular complexity index is 514. The Kier molecular flexibility index (Phi) is 4.39. The molecule has 1 aliphatic carbocycles. The molecule has 7 heteroatoms. The van der Waals surface area contributed by atoms with Gasteiger partial charge < -0.3 is 15.4 Å². The molecule has 20 heavy (non-hydrogen) atoms. The summed E-state index contributed by atoms with van der Waals surface area (Å²) in [4.78, 5) is 21.7. The average Bonchev–Trinajstić information content (AvgIpc) is 3.22. The Morgan fingerprint density at radius 3 is 2.85 bits per heavy atom. The van der Waals surface area contributed by atoms with Gasteiger partial charge in [0.1, 0.15) is 0 Å². The highest BCUT2D eigenvalue weighted by Crippen LogP contribution is 2.29. The van der Waals surface area contributed by atoms with Crippen LogP contribution in [0.4, 0.5) is 11.4 Å². The van der Waals surface area contributed by atoms with E-state index >= 15 is 0 Å². The lowest BCUT2D eigenvalue weighted by Crippen LogP contribution is -2.27. The number of nitrogens with zero attached hydrogens (tertiary/aromatic N) is 1. The largest absolute Gasteiger partial charge is 0.490 e. The molecule has 0 heterocycles. The minimum atomic E-state index is -0.494. The van der Waals surface area contributed by atoms with Crippen LogP contribution in [0, 0.1) is 10.1 Å². The number of nitro benzene ring substituents is 1. The predicted octanol–water partition coefficient (Wildman–Crippen LogP) is 1.68. The molecule has 1 aliphatic rings. The molecule has 0 radical (unpaired) electrons. The predicted molar refractivity (Wildman–Crippen MR) is 73.9 cm³/mol. The van der Waals surface area contributed by atoms with Crippen molar-refractivity contribution in [1.82, 2.24) is 5.32 Å². The van der Waals surface area contributed by atoms with Gasteiger partial charge in [0, 0.05) is 36.8 Å². The van der Waals surface area contributed by atoms with Gasteiger partial charge in [-0.15, -0.1) is 0 Å². The number of benzene rings is 1. The Labute approximate surface area is 116 Å². The second-order valence-electron chi connectivity index (χ2n) is 4.66. The second kappa shape index (κ2) is 6.23. The fraction of sp³-hybridized carbons (Fsp3) is 0.462. The van der Waals surface area contributed by atoms with E-state index in [9.17, 15) is 14.9 Å². The monoisotopic (exact) mass is 279 g/mol. The van der Waals surface area contributed by atoms with Gasteiger partial charge in [0.05, 0.1) is 12.0 Å². The summed E-state index contributed by atoms with van der Waals surface area (Å²) < 4.78 is 4.97. The lowest BCUT2D eigenvalue weighted by Gasteiger charge is -2.08. The first-order valence-corrected chi connectivity index (χ1v) is 6.46. The average molecular weight is 279 g/mol. The summed E-state index contributed by atoms with van der Waals surface area (Å²) >= 11 is 0. The Hall–Kier alpha value is -2.31. The molecule has 0 spiro atoms. The molecule has 0 aromatic heterocycles. The third-order valence-corrected chi connectivity index (χ3v) is 3.00. The van der Waals surface area contributed by atoms with Crippen molar-refractivity contribution in [1.29, 1.82) is 0 Å². The number of carbonyl (C=O) groups excluding carboxylic acids is 1. The molecule has 108 valence electrons. The molecule has 2 N–H and O–H groups in total. The lowest BCUT2D eigenvalue weighted by molar-refractivity contribution is -0.385. The molecule has 1 aromatic carbocycles. The van der Waals surface area contributed by atoms with Gasteiger partial charge in [-0.1, -0.05) is 0 Å². The third-order valence-electron chi connectivity index (χ3n) is 3.00. The zero-order valence-electron chi connectivity index (χ0n) is 11.2. The highest BCUT2D eigenvalue weighted by Gasteiger charge is 2.22. The van der Waals surface area contributed by atoms with Gasteiger partial charge in [0.25, 0.3) is 0 Å². The van der Waals surface area contributed by atoms with Crippen LogP contribution in [0.1, 0.15) is 19.3 Å². The van der Waals surface area contributed by atoms with Crippen LogP contribution in [0.3, 0.4) is 0 Å². The van der Waals surface area contributed by atoms with Crippen molar-refractivity contribution in [3.63, 3.8) is 0 Å². The van der Waals surface area contributed by atoms with Gasteiger partial charge in [-0.3, -0.25) is 14.9 Å². The van der Waals surface area contributed by atoms with Gasteiger partial charge in [-0.05, 0) is 18.9 Å². The second-order valence-corrected chi connectivity index (χ2v) is 4.66. The molecule has 0 bridgehead atoms. The maximum Gasteiger partial charge on any atom is 0.311 e. The van der Waals surface area contributed by atoms with Crippen LogP contribution in [-0.4, -0.2) is 30.5 Å². The number of nitro groups is 1. The van der Waals surface area contributed by atoms with Crippen molar-refractivity contribution in [2.45, 2.75) is 25.3 Å². The molecule has 1 aromatic rings. The fourth-order valence-corrected chi connectivity index (χ4v) is 1.79. The van der Waals surface area contributed by atoms with Gasteiger partial charge in [-0.25, -0.2) is 0 Å². The van der Waals surface area contributed by atoms with Crippen LogP contribution in [0.15, 0.2) is 18.2 Å². The molecule has 1 amide bonds. The molecular weight excluding hydrogens is 262 g/mol. The molecular formula is C13H17N3O4. The molecule has 0 unspecified atom stereocenters. The van der Waals surface area contributed by atoms with Crippen LogP contribution < -0.4 is 15.4 Å². The lowest BCUT2D eigenvalue weighted by atomic mass is 10.2. The van der Waals surface area contributed by atoms with E-state index in [1.165, 1.54) is 13.2 Å². The van der Waals surface area contributed by atoms with E-state index < -0.39 is 4.92 Å². The Morgan fingerprint density at radius 2 is 2.25 bits per heavy atom. The first kappa shape index (κ1) is 14.1. The zero-order chi connectivity index (χ0) is 14.5. The smallest absolute Gasteiger partial charge is 0.311 e. The van der Waals surface area contributed by atoms with Crippen LogP contribution in [0.5, 0.6) is 5.75 Å². The minimum Gasteiger partial charge on any atom is -0.490 e. The van der Waals surface area contributed by atoms with Gasteiger partial charge >= 0.3 is 5.69 Å². The topological polar surface area (TPSA) is 93.5 Å². The summed E-state index contributed by atoms with van der Waals surface area (Å²) in [6, 6.07) is 4.89. The molecule has 7 nitrogen and oxygen atoms in total. The number of ether oxygens (including phenoxy) is 1. The maximum atomic E-state index is 11.5. The summed E-state index contributed by atoms with van der Waals surface area (Å²) in [5.41, 5.74) is 0.608. The number of methoxy groups -OCH3 is 1. The highest BCUT2D eigenvalue weighted by atomic mass is 16.6. The number of hydrogen-bond acceptors (Lipinski definition) is 5. The minimum absolute atomic E-state index is 0.0221. The number of rotatable bonds is 7. The van der Waals surface area contributed by atoms with Crippen molar-refractivity contribution in [3.05, 3.63) is 28.3 Å². The quantitative estimate of drug-likeness (QED) is 0.585. The van der Waals surface area contributed by atoms with Gasteiger partial charge in [-0.2, -0.15) is 0 Å². The van der Waals surface area contributed by atoms with E-state index in [2.05, 4.69) is 10.6 Å². The summed E-state index contributed by atoms with van der Waals surface area (Å²) in [6.07, 6.45) is 2.51. The van der Waals surface area contributed by atoms with Crippen LogP contribution in [0.2, 0.25) is 0 Å². The van der Waals surface area contributed by atoms with Crippen LogP contribution >= 0.6 is 0 Å². The van der Waals surface area contributed by atoms with E-state index in [0.717, 1.165) is 12.8 Å². The van der Waals surface area contributed by atoms with Crippen LogP contribution in [-0.2, 0) is 4.79 Å². The first-order valence-electron chi connectivity index (χ1n) is 6.46. The van der Waals surface area contributed by atoms with Gasteiger partial charge in [0.15, 0.2) is 5.75 Å². The van der Waals surface area contributed by atoms with Crippen LogP contribution in [0.25, 0.3) is 0 Å². The van der Waals surface area contributed by atoms with Crippen molar-refractivity contribution >= 4 is 17.3 Å².